The van der Waals surface area contributed by atoms with E-state index in [1.165, 1.54) is 24.3 Å². The molecule has 10 heteroatoms. The van der Waals surface area contributed by atoms with Crippen molar-refractivity contribution in [1.29, 1.82) is 0 Å². The Morgan fingerprint density at radius 1 is 1.35 bits per heavy atom. The van der Waals surface area contributed by atoms with Crippen LogP contribution >= 0.6 is 11.6 Å². The van der Waals surface area contributed by atoms with Crippen LogP contribution in [0.5, 0.6) is 0 Å². The van der Waals surface area contributed by atoms with Gasteiger partial charge in [-0.2, -0.15) is 13.2 Å². The minimum atomic E-state index is -5.59. The van der Waals surface area contributed by atoms with Gasteiger partial charge in [0.05, 0.1) is 11.3 Å². The summed E-state index contributed by atoms with van der Waals surface area (Å²) in [5.41, 5.74) is -7.32. The Balaban J connectivity index is 2.76. The number of hydrogen-bond acceptors (Lipinski definition) is 3. The largest absolute Gasteiger partial charge is 0.479 e. The number of aromatic nitrogens is 2. The summed E-state index contributed by atoms with van der Waals surface area (Å²) in [5, 5.41) is 21.1. The number of aliphatic hydroxyl groups is 1. The fourth-order valence-corrected chi connectivity index (χ4v) is 2.32. The lowest BCUT2D eigenvalue weighted by Gasteiger charge is -2.24. The lowest BCUT2D eigenvalue weighted by Crippen LogP contribution is -2.52. The second-order valence-electron chi connectivity index (χ2n) is 4.75. The average molecular weight is 351 g/mol. The fourth-order valence-electron chi connectivity index (χ4n) is 2.14. The van der Waals surface area contributed by atoms with Crippen molar-refractivity contribution in [1.82, 2.24) is 9.78 Å². The Morgan fingerprint density at radius 3 is 2.43 bits per heavy atom. The second kappa shape index (κ2) is 5.43. The first-order chi connectivity index (χ1) is 10.5. The summed E-state index contributed by atoms with van der Waals surface area (Å²) in [4.78, 5) is 23.3. The summed E-state index contributed by atoms with van der Waals surface area (Å²) in [6.07, 6.45) is -5.59. The molecule has 0 amide bonds. The zero-order valence-electron chi connectivity index (χ0n) is 11.5. The molecule has 0 fully saturated rings. The van der Waals surface area contributed by atoms with Crippen molar-refractivity contribution in [3.63, 3.8) is 0 Å². The molecule has 0 aliphatic heterocycles. The van der Waals surface area contributed by atoms with E-state index in [0.717, 1.165) is 6.92 Å². The predicted molar refractivity (Wildman–Crippen MR) is 73.7 cm³/mol. The van der Waals surface area contributed by atoms with E-state index >= 15 is 0 Å². The molecule has 124 valence electrons. The smallest absolute Gasteiger partial charge is 0.432 e. The molecule has 1 unspecified atom stereocenters. The molecule has 0 saturated heterocycles. The molecule has 0 bridgehead atoms. The maximum Gasteiger partial charge on any atom is 0.432 e. The molecule has 1 aromatic heterocycles. The van der Waals surface area contributed by atoms with Crippen LogP contribution < -0.4 is 5.56 Å². The van der Waals surface area contributed by atoms with Crippen LogP contribution in [0, 0.1) is 6.92 Å². The van der Waals surface area contributed by atoms with Gasteiger partial charge in [-0.25, -0.2) is 9.48 Å². The monoisotopic (exact) mass is 350 g/mol. The molecule has 23 heavy (non-hydrogen) atoms. The average Bonchev–Trinajstić information content (AvgIpc) is 2.72. The molecule has 1 heterocycles. The van der Waals surface area contributed by atoms with Crippen molar-refractivity contribution in [2.45, 2.75) is 18.7 Å². The lowest BCUT2D eigenvalue weighted by molar-refractivity contribution is -0.265. The van der Waals surface area contributed by atoms with E-state index in [-0.39, 0.29) is 10.7 Å². The molecule has 0 aliphatic carbocycles. The fraction of sp³-hybridized carbons (Fsp3) is 0.231. The summed E-state index contributed by atoms with van der Waals surface area (Å²) in [6.45, 7) is 1.05. The highest BCUT2D eigenvalue weighted by Gasteiger charge is 2.64. The van der Waals surface area contributed by atoms with Crippen molar-refractivity contribution >= 4 is 17.6 Å². The van der Waals surface area contributed by atoms with E-state index in [0.29, 0.717) is 4.68 Å². The first-order valence-electron chi connectivity index (χ1n) is 6.10. The number of carbonyl (C=O) groups is 1. The number of H-pyrrole nitrogens is 1. The van der Waals surface area contributed by atoms with Gasteiger partial charge in [-0.3, -0.25) is 9.89 Å². The van der Waals surface area contributed by atoms with Gasteiger partial charge in [-0.15, -0.1) is 0 Å². The third-order valence-electron chi connectivity index (χ3n) is 3.22. The van der Waals surface area contributed by atoms with Crippen molar-refractivity contribution in [2.75, 3.05) is 0 Å². The van der Waals surface area contributed by atoms with Crippen LogP contribution in [0.4, 0.5) is 13.2 Å². The van der Waals surface area contributed by atoms with E-state index in [9.17, 15) is 27.9 Å². The van der Waals surface area contributed by atoms with Crippen LogP contribution in [0.2, 0.25) is 5.02 Å². The van der Waals surface area contributed by atoms with Crippen LogP contribution in [-0.2, 0) is 10.4 Å². The van der Waals surface area contributed by atoms with Crippen LogP contribution in [0.3, 0.4) is 0 Å². The summed E-state index contributed by atoms with van der Waals surface area (Å²) in [7, 11) is 0. The van der Waals surface area contributed by atoms with Gasteiger partial charge in [0, 0.05) is 10.7 Å². The molecule has 0 aliphatic rings. The number of nitrogens with one attached hydrogen (secondary N) is 1. The standard InChI is InChI=1S/C13H10ClF3N2O4/c1-6-9(12(23,11(21)22)13(15,16)17)10(20)19(18-6)8-4-2-3-7(14)5-8/h2-5,18,23H,1H3,(H,21,22). The molecule has 0 radical (unpaired) electrons. The maximum atomic E-state index is 13.1. The Hall–Kier alpha value is -2.26. The molecule has 6 nitrogen and oxygen atoms in total. The van der Waals surface area contributed by atoms with Gasteiger partial charge in [0.25, 0.3) is 11.2 Å². The summed E-state index contributed by atoms with van der Waals surface area (Å²) in [5.74, 6) is -2.59. The zero-order valence-corrected chi connectivity index (χ0v) is 12.2. The summed E-state index contributed by atoms with van der Waals surface area (Å²) < 4.78 is 39.9. The van der Waals surface area contributed by atoms with Gasteiger partial charge >= 0.3 is 12.1 Å². The minimum absolute atomic E-state index is 0.0896. The van der Waals surface area contributed by atoms with Gasteiger partial charge in [0.1, 0.15) is 0 Å². The van der Waals surface area contributed by atoms with Gasteiger partial charge in [-0.1, -0.05) is 17.7 Å². The van der Waals surface area contributed by atoms with Crippen molar-refractivity contribution < 1.29 is 28.2 Å². The molecule has 2 rings (SSSR count). The highest BCUT2D eigenvalue weighted by atomic mass is 35.5. The van der Waals surface area contributed by atoms with E-state index in [2.05, 4.69) is 5.10 Å². The first-order valence-corrected chi connectivity index (χ1v) is 6.48. The molecule has 2 aromatic rings. The number of carboxylic acids is 1. The number of aryl methyl sites for hydroxylation is 1. The van der Waals surface area contributed by atoms with E-state index in [4.69, 9.17) is 16.7 Å². The highest BCUT2D eigenvalue weighted by molar-refractivity contribution is 6.30. The summed E-state index contributed by atoms with van der Waals surface area (Å²) >= 11 is 5.75. The minimum Gasteiger partial charge on any atom is -0.479 e. The number of carboxylic acid groups (broad SMARTS) is 1. The van der Waals surface area contributed by atoms with Gasteiger partial charge in [0.2, 0.25) is 0 Å². The van der Waals surface area contributed by atoms with Crippen LogP contribution in [0.1, 0.15) is 11.3 Å². The molecule has 1 aromatic carbocycles. The molecule has 0 spiro atoms. The van der Waals surface area contributed by atoms with Crippen LogP contribution in [0.25, 0.3) is 5.69 Å². The van der Waals surface area contributed by atoms with Crippen molar-refractivity contribution in [3.05, 3.63) is 50.9 Å². The number of benzene rings is 1. The Bertz CT molecular complexity index is 827. The quantitative estimate of drug-likeness (QED) is 0.788. The van der Waals surface area contributed by atoms with Crippen LogP contribution in [0.15, 0.2) is 29.1 Å². The third kappa shape index (κ3) is 2.62. The topological polar surface area (TPSA) is 95.3 Å². The predicted octanol–water partition coefficient (Wildman–Crippen LogP) is 1.96. The number of alkyl halides is 3. The molecular weight excluding hydrogens is 341 g/mol. The third-order valence-corrected chi connectivity index (χ3v) is 3.45. The SMILES string of the molecule is Cc1[nH]n(-c2cccc(Cl)c2)c(=O)c1C(O)(C(=O)O)C(F)(F)F. The van der Waals surface area contributed by atoms with Gasteiger partial charge in [-0.05, 0) is 25.1 Å². The summed E-state index contributed by atoms with van der Waals surface area (Å²) in [6, 6.07) is 5.60. The zero-order chi connectivity index (χ0) is 17.6. The Labute approximate surface area is 131 Å². The van der Waals surface area contributed by atoms with E-state index in [1.807, 2.05) is 0 Å². The van der Waals surface area contributed by atoms with Crippen molar-refractivity contribution in [3.8, 4) is 5.69 Å². The Morgan fingerprint density at radius 2 is 1.96 bits per heavy atom. The normalized spacial score (nSPS) is 14.5. The number of rotatable bonds is 3. The van der Waals surface area contributed by atoms with Crippen molar-refractivity contribution in [2.24, 2.45) is 0 Å². The number of halogens is 4. The molecule has 1 atom stereocenters. The van der Waals surface area contributed by atoms with E-state index < -0.39 is 34.6 Å². The molecular formula is C13H10ClF3N2O4. The first kappa shape index (κ1) is 17.1. The maximum absolute atomic E-state index is 13.1. The molecule has 0 saturated carbocycles. The lowest BCUT2D eigenvalue weighted by atomic mass is 9.93. The highest BCUT2D eigenvalue weighted by Crippen LogP contribution is 2.39. The Kier molecular flexibility index (Phi) is 4.03. The van der Waals surface area contributed by atoms with Crippen LogP contribution in [-0.4, -0.2) is 32.1 Å². The second-order valence-corrected chi connectivity index (χ2v) is 5.18. The van der Waals surface area contributed by atoms with Gasteiger partial charge < -0.3 is 10.2 Å². The van der Waals surface area contributed by atoms with E-state index in [1.54, 1.807) is 0 Å². The number of aliphatic carboxylic acids is 1. The molecule has 3 N–H and O–H groups in total. The number of hydrogen-bond donors (Lipinski definition) is 3. The van der Waals surface area contributed by atoms with Gasteiger partial charge in [0.15, 0.2) is 0 Å². The number of nitrogens with zero attached hydrogens (tertiary/aromatic N) is 1. The number of aromatic amines is 1.